The smallest absolute Gasteiger partial charge is 0.265 e. The normalized spacial score (nSPS) is 12.6. The Bertz CT molecular complexity index is 1180. The fourth-order valence-electron chi connectivity index (χ4n) is 3.45. The van der Waals surface area contributed by atoms with Gasteiger partial charge < -0.3 is 24.4 Å². The zero-order chi connectivity index (χ0) is 22.7. The molecule has 4 rings (SSSR count). The molecule has 164 valence electrons. The molecule has 2 amide bonds. The predicted octanol–water partition coefficient (Wildman–Crippen LogP) is 4.54. The average molecular weight is 453 g/mol. The van der Waals surface area contributed by atoms with Crippen LogP contribution in [0.5, 0.6) is 17.2 Å². The largest absolute Gasteiger partial charge is 0.493 e. The molecule has 1 N–H and O–H groups in total. The molecule has 0 unspecified atom stereocenters. The van der Waals surface area contributed by atoms with E-state index < -0.39 is 0 Å². The van der Waals surface area contributed by atoms with Crippen molar-refractivity contribution < 1.29 is 23.8 Å². The Labute approximate surface area is 190 Å². The van der Waals surface area contributed by atoms with Gasteiger partial charge in [0.15, 0.2) is 18.1 Å². The molecule has 0 radical (unpaired) electrons. The van der Waals surface area contributed by atoms with Gasteiger partial charge in [-0.3, -0.25) is 9.59 Å². The fraction of sp³-hybridized carbons (Fsp3) is 0.167. The van der Waals surface area contributed by atoms with Crippen LogP contribution in [0, 0.1) is 0 Å². The van der Waals surface area contributed by atoms with Crippen LogP contribution in [0.15, 0.2) is 60.7 Å². The highest BCUT2D eigenvalue weighted by atomic mass is 35.5. The second kappa shape index (κ2) is 9.20. The van der Waals surface area contributed by atoms with Crippen molar-refractivity contribution in [3.63, 3.8) is 0 Å². The second-order valence-corrected chi connectivity index (χ2v) is 7.54. The van der Waals surface area contributed by atoms with E-state index in [0.717, 1.165) is 5.56 Å². The lowest BCUT2D eigenvalue weighted by Gasteiger charge is -2.30. The van der Waals surface area contributed by atoms with E-state index in [9.17, 15) is 9.59 Å². The minimum absolute atomic E-state index is 0.0507. The summed E-state index contributed by atoms with van der Waals surface area (Å²) in [5.41, 5.74) is 2.39. The van der Waals surface area contributed by atoms with Crippen LogP contribution in [0.1, 0.15) is 15.9 Å². The van der Waals surface area contributed by atoms with Crippen molar-refractivity contribution in [2.75, 3.05) is 31.0 Å². The molecule has 32 heavy (non-hydrogen) atoms. The molecule has 0 saturated heterocycles. The van der Waals surface area contributed by atoms with Crippen LogP contribution in [0.25, 0.3) is 0 Å². The monoisotopic (exact) mass is 452 g/mol. The molecular formula is C24H21ClN2O5. The first kappa shape index (κ1) is 21.5. The molecule has 0 aliphatic carbocycles. The number of anilines is 2. The van der Waals surface area contributed by atoms with E-state index in [4.69, 9.17) is 25.8 Å². The van der Waals surface area contributed by atoms with Gasteiger partial charge in [0.05, 0.1) is 26.5 Å². The lowest BCUT2D eigenvalue weighted by atomic mass is 10.1. The van der Waals surface area contributed by atoms with Gasteiger partial charge in [-0.1, -0.05) is 23.7 Å². The molecule has 0 aromatic heterocycles. The quantitative estimate of drug-likeness (QED) is 0.594. The number of carbonyl (C=O) groups excluding carboxylic acids is 2. The highest BCUT2D eigenvalue weighted by Gasteiger charge is 2.26. The first-order chi connectivity index (χ1) is 15.5. The van der Waals surface area contributed by atoms with Crippen molar-refractivity contribution >= 4 is 34.8 Å². The van der Waals surface area contributed by atoms with Crippen LogP contribution < -0.4 is 24.4 Å². The topological polar surface area (TPSA) is 77.1 Å². The predicted molar refractivity (Wildman–Crippen MR) is 122 cm³/mol. The fourth-order valence-corrected chi connectivity index (χ4v) is 3.66. The molecule has 3 aromatic carbocycles. The minimum Gasteiger partial charge on any atom is -0.493 e. The highest BCUT2D eigenvalue weighted by Crippen LogP contribution is 2.36. The van der Waals surface area contributed by atoms with Crippen LogP contribution in [-0.4, -0.2) is 32.6 Å². The zero-order valence-electron chi connectivity index (χ0n) is 17.6. The third-order valence-corrected chi connectivity index (χ3v) is 5.27. The number of fused-ring (bicyclic) bond motifs is 1. The number of ether oxygens (including phenoxy) is 3. The molecule has 1 aliphatic rings. The lowest BCUT2D eigenvalue weighted by Crippen LogP contribution is -2.38. The molecule has 0 bridgehead atoms. The average Bonchev–Trinajstić information content (AvgIpc) is 2.80. The number of methoxy groups -OCH3 is 2. The maximum Gasteiger partial charge on any atom is 0.265 e. The third-order valence-electron chi connectivity index (χ3n) is 5.04. The summed E-state index contributed by atoms with van der Waals surface area (Å²) >= 11 is 6.09. The van der Waals surface area contributed by atoms with Gasteiger partial charge in [0.25, 0.3) is 11.8 Å². The van der Waals surface area contributed by atoms with Gasteiger partial charge in [0.2, 0.25) is 0 Å². The Hall–Kier alpha value is -3.71. The van der Waals surface area contributed by atoms with Crippen molar-refractivity contribution in [1.29, 1.82) is 0 Å². The van der Waals surface area contributed by atoms with E-state index in [1.54, 1.807) is 47.4 Å². The number of rotatable bonds is 6. The number of benzene rings is 3. The van der Waals surface area contributed by atoms with E-state index in [1.807, 2.05) is 18.2 Å². The summed E-state index contributed by atoms with van der Waals surface area (Å²) in [5.74, 6) is 1.05. The molecule has 1 aliphatic heterocycles. The maximum absolute atomic E-state index is 12.8. The Morgan fingerprint density at radius 2 is 1.88 bits per heavy atom. The SMILES string of the molecule is COc1ccc(C(=O)Nc2ccc3c(c2)N(Cc2cccc(Cl)c2)C(=O)CO3)cc1OC. The Morgan fingerprint density at radius 3 is 2.62 bits per heavy atom. The first-order valence-electron chi connectivity index (χ1n) is 9.83. The number of hydrogen-bond acceptors (Lipinski definition) is 5. The number of halogens is 1. The lowest BCUT2D eigenvalue weighted by molar-refractivity contribution is -0.121. The summed E-state index contributed by atoms with van der Waals surface area (Å²) in [5, 5.41) is 3.45. The van der Waals surface area contributed by atoms with E-state index in [1.165, 1.54) is 14.2 Å². The summed E-state index contributed by atoms with van der Waals surface area (Å²) in [4.78, 5) is 27.0. The van der Waals surface area contributed by atoms with Crippen molar-refractivity contribution in [2.45, 2.75) is 6.54 Å². The summed E-state index contributed by atoms with van der Waals surface area (Å²) < 4.78 is 16.0. The number of hydrogen-bond donors (Lipinski definition) is 1. The van der Waals surface area contributed by atoms with Crippen molar-refractivity contribution in [2.24, 2.45) is 0 Å². The first-order valence-corrected chi connectivity index (χ1v) is 10.2. The van der Waals surface area contributed by atoms with Crippen molar-refractivity contribution in [1.82, 2.24) is 0 Å². The van der Waals surface area contributed by atoms with Gasteiger partial charge in [0, 0.05) is 16.3 Å². The van der Waals surface area contributed by atoms with Crippen LogP contribution in [0.4, 0.5) is 11.4 Å². The van der Waals surface area contributed by atoms with Crippen LogP contribution in [0.3, 0.4) is 0 Å². The van der Waals surface area contributed by atoms with E-state index in [2.05, 4.69) is 5.32 Å². The van der Waals surface area contributed by atoms with Crippen LogP contribution in [0.2, 0.25) is 5.02 Å². The summed E-state index contributed by atoms with van der Waals surface area (Å²) in [6, 6.07) is 17.4. The summed E-state index contributed by atoms with van der Waals surface area (Å²) in [6.07, 6.45) is 0. The second-order valence-electron chi connectivity index (χ2n) is 7.10. The van der Waals surface area contributed by atoms with Gasteiger partial charge in [-0.05, 0) is 54.1 Å². The Morgan fingerprint density at radius 1 is 1.06 bits per heavy atom. The molecule has 1 heterocycles. The molecular weight excluding hydrogens is 432 g/mol. The molecule has 0 atom stereocenters. The molecule has 0 spiro atoms. The number of nitrogens with one attached hydrogen (secondary N) is 1. The number of nitrogens with zero attached hydrogens (tertiary/aromatic N) is 1. The van der Waals surface area contributed by atoms with Gasteiger partial charge in [-0.15, -0.1) is 0 Å². The Kier molecular flexibility index (Phi) is 6.18. The maximum atomic E-state index is 12.8. The van der Waals surface area contributed by atoms with Crippen molar-refractivity contribution in [3.05, 3.63) is 76.8 Å². The number of carbonyl (C=O) groups is 2. The van der Waals surface area contributed by atoms with Gasteiger partial charge in [-0.2, -0.15) is 0 Å². The zero-order valence-corrected chi connectivity index (χ0v) is 18.3. The minimum atomic E-state index is -0.324. The molecule has 8 heteroatoms. The summed E-state index contributed by atoms with van der Waals surface area (Å²) in [7, 11) is 3.04. The van der Waals surface area contributed by atoms with Crippen LogP contribution in [-0.2, 0) is 11.3 Å². The van der Waals surface area contributed by atoms with Crippen LogP contribution >= 0.6 is 11.6 Å². The molecule has 7 nitrogen and oxygen atoms in total. The summed E-state index contributed by atoms with van der Waals surface area (Å²) in [6.45, 7) is 0.285. The van der Waals surface area contributed by atoms with Gasteiger partial charge in [0.1, 0.15) is 5.75 Å². The van der Waals surface area contributed by atoms with E-state index in [0.29, 0.717) is 45.8 Å². The van der Waals surface area contributed by atoms with E-state index >= 15 is 0 Å². The highest BCUT2D eigenvalue weighted by molar-refractivity contribution is 6.30. The molecule has 0 saturated carbocycles. The third kappa shape index (κ3) is 4.48. The standard InChI is InChI=1S/C24H21ClN2O5/c1-30-21-8-6-16(11-22(21)31-2)24(29)26-18-7-9-20-19(12-18)27(23(28)14-32-20)13-15-4-3-5-17(25)10-15/h3-12H,13-14H2,1-2H3,(H,26,29). The van der Waals surface area contributed by atoms with Gasteiger partial charge in [-0.25, -0.2) is 0 Å². The van der Waals surface area contributed by atoms with E-state index in [-0.39, 0.29) is 18.4 Å². The molecule has 3 aromatic rings. The molecule has 0 fully saturated rings. The van der Waals surface area contributed by atoms with Gasteiger partial charge >= 0.3 is 0 Å². The Balaban J connectivity index is 1.59. The van der Waals surface area contributed by atoms with Crippen molar-refractivity contribution in [3.8, 4) is 17.2 Å². The number of amides is 2.